The Morgan fingerprint density at radius 3 is 2.74 bits per heavy atom. The lowest BCUT2D eigenvalue weighted by Crippen LogP contribution is -2.41. The van der Waals surface area contributed by atoms with Crippen molar-refractivity contribution >= 4 is 5.95 Å². The Bertz CT molecular complexity index is 1000. The van der Waals surface area contributed by atoms with Gasteiger partial charge >= 0.3 is 0 Å². The van der Waals surface area contributed by atoms with E-state index in [1.165, 1.54) is 5.56 Å². The molecular formula is C21H22N4O2. The number of hydrogen-bond acceptors (Lipinski definition) is 5. The van der Waals surface area contributed by atoms with E-state index in [1.54, 1.807) is 30.1 Å². The molecule has 0 spiro atoms. The second kappa shape index (κ2) is 7.32. The topological polar surface area (TPSA) is 60.2 Å². The Kier molecular flexibility index (Phi) is 4.73. The van der Waals surface area contributed by atoms with Crippen molar-refractivity contribution in [3.05, 3.63) is 76.3 Å². The van der Waals surface area contributed by atoms with Crippen molar-refractivity contribution in [2.24, 2.45) is 7.05 Å². The monoisotopic (exact) mass is 362 g/mol. The molecule has 6 nitrogen and oxygen atoms in total. The smallest absolute Gasteiger partial charge is 0.255 e. The van der Waals surface area contributed by atoms with Crippen molar-refractivity contribution in [1.29, 1.82) is 0 Å². The van der Waals surface area contributed by atoms with Gasteiger partial charge in [-0.2, -0.15) is 0 Å². The predicted molar refractivity (Wildman–Crippen MR) is 105 cm³/mol. The van der Waals surface area contributed by atoms with Crippen LogP contribution in [0.3, 0.4) is 0 Å². The van der Waals surface area contributed by atoms with Gasteiger partial charge in [-0.15, -0.1) is 0 Å². The zero-order valence-electron chi connectivity index (χ0n) is 15.5. The van der Waals surface area contributed by atoms with Gasteiger partial charge in [-0.05, 0) is 24.6 Å². The van der Waals surface area contributed by atoms with E-state index in [1.807, 2.05) is 18.2 Å². The number of aryl methyl sites for hydroxylation is 1. The van der Waals surface area contributed by atoms with Crippen LogP contribution in [-0.2, 0) is 11.8 Å². The van der Waals surface area contributed by atoms with Gasteiger partial charge in [0.05, 0.1) is 18.8 Å². The van der Waals surface area contributed by atoms with E-state index in [-0.39, 0.29) is 11.7 Å². The fourth-order valence-corrected chi connectivity index (χ4v) is 3.38. The average Bonchev–Trinajstić information content (AvgIpc) is 2.71. The Morgan fingerprint density at radius 2 is 1.96 bits per heavy atom. The second-order valence-corrected chi connectivity index (χ2v) is 6.79. The zero-order chi connectivity index (χ0) is 18.8. The van der Waals surface area contributed by atoms with E-state index < -0.39 is 0 Å². The number of anilines is 1. The summed E-state index contributed by atoms with van der Waals surface area (Å²) in [5.41, 5.74) is 3.82. The van der Waals surface area contributed by atoms with Gasteiger partial charge in [0.2, 0.25) is 5.95 Å². The van der Waals surface area contributed by atoms with Crippen molar-refractivity contribution in [1.82, 2.24) is 14.5 Å². The number of benzene rings is 1. The number of hydrogen-bond donors (Lipinski definition) is 0. The fourth-order valence-electron chi connectivity index (χ4n) is 3.38. The fraction of sp³-hybridized carbons (Fsp3) is 0.286. The Balaban J connectivity index is 1.68. The van der Waals surface area contributed by atoms with Crippen molar-refractivity contribution in [3.8, 4) is 11.3 Å². The summed E-state index contributed by atoms with van der Waals surface area (Å²) in [4.78, 5) is 23.5. The number of rotatable bonds is 3. The molecule has 138 valence electrons. The van der Waals surface area contributed by atoms with E-state index in [9.17, 15) is 4.79 Å². The summed E-state index contributed by atoms with van der Waals surface area (Å²) >= 11 is 0. The third kappa shape index (κ3) is 3.61. The van der Waals surface area contributed by atoms with Gasteiger partial charge in [0, 0.05) is 37.6 Å². The lowest BCUT2D eigenvalue weighted by molar-refractivity contribution is 0.0389. The van der Waals surface area contributed by atoms with Gasteiger partial charge in [0.15, 0.2) is 0 Å². The lowest BCUT2D eigenvalue weighted by atomic mass is 10.1. The van der Waals surface area contributed by atoms with Crippen LogP contribution < -0.4 is 10.5 Å². The second-order valence-electron chi connectivity index (χ2n) is 6.79. The average molecular weight is 362 g/mol. The minimum Gasteiger partial charge on any atom is -0.370 e. The molecule has 0 saturated carbocycles. The number of pyridine rings is 1. The molecule has 0 aliphatic carbocycles. The predicted octanol–water partition coefficient (Wildman–Crippen LogP) is 2.73. The summed E-state index contributed by atoms with van der Waals surface area (Å²) in [7, 11) is 1.76. The van der Waals surface area contributed by atoms with E-state index in [2.05, 4.69) is 35.0 Å². The first-order chi connectivity index (χ1) is 13.1. The third-order valence-corrected chi connectivity index (χ3v) is 4.85. The number of morpholine rings is 1. The highest BCUT2D eigenvalue weighted by Crippen LogP contribution is 2.26. The number of aromatic nitrogens is 3. The van der Waals surface area contributed by atoms with E-state index >= 15 is 0 Å². The van der Waals surface area contributed by atoms with Crippen molar-refractivity contribution in [2.45, 2.75) is 13.0 Å². The lowest BCUT2D eigenvalue weighted by Gasteiger charge is -2.34. The van der Waals surface area contributed by atoms with Crippen LogP contribution in [0, 0.1) is 6.92 Å². The summed E-state index contributed by atoms with van der Waals surface area (Å²) in [5, 5.41) is 0. The Labute approximate surface area is 158 Å². The SMILES string of the molecule is Cc1cccc(C2CN(c3nc(-c4ccncc4)cc(=O)n3C)CCO2)c1. The maximum Gasteiger partial charge on any atom is 0.255 e. The Hall–Kier alpha value is -2.99. The highest BCUT2D eigenvalue weighted by molar-refractivity contribution is 5.59. The van der Waals surface area contributed by atoms with Crippen LogP contribution >= 0.6 is 0 Å². The molecule has 1 fully saturated rings. The minimum atomic E-state index is -0.0783. The largest absolute Gasteiger partial charge is 0.370 e. The first kappa shape index (κ1) is 17.4. The zero-order valence-corrected chi connectivity index (χ0v) is 15.5. The molecule has 4 rings (SSSR count). The molecule has 0 amide bonds. The molecule has 0 N–H and O–H groups in total. The molecule has 1 saturated heterocycles. The van der Waals surface area contributed by atoms with Gasteiger partial charge in [-0.25, -0.2) is 4.98 Å². The summed E-state index contributed by atoms with van der Waals surface area (Å²) in [5.74, 6) is 0.662. The molecule has 0 radical (unpaired) electrons. The first-order valence-electron chi connectivity index (χ1n) is 9.03. The normalized spacial score (nSPS) is 17.1. The molecule has 1 unspecified atom stereocenters. The van der Waals surface area contributed by atoms with Gasteiger partial charge < -0.3 is 9.64 Å². The van der Waals surface area contributed by atoms with Crippen LogP contribution in [0.2, 0.25) is 0 Å². The van der Waals surface area contributed by atoms with E-state index in [4.69, 9.17) is 9.72 Å². The summed E-state index contributed by atoms with van der Waals surface area (Å²) < 4.78 is 7.59. The molecule has 1 aliphatic heterocycles. The molecule has 1 atom stereocenters. The molecule has 0 bridgehead atoms. The van der Waals surface area contributed by atoms with Gasteiger partial charge in [-0.3, -0.25) is 14.3 Å². The molecule has 6 heteroatoms. The van der Waals surface area contributed by atoms with Crippen molar-refractivity contribution in [3.63, 3.8) is 0 Å². The molecule has 1 aromatic carbocycles. The maximum absolute atomic E-state index is 12.5. The van der Waals surface area contributed by atoms with Crippen molar-refractivity contribution in [2.75, 3.05) is 24.6 Å². The molecule has 2 aromatic heterocycles. The van der Waals surface area contributed by atoms with Crippen LogP contribution in [0.1, 0.15) is 17.2 Å². The molecule has 27 heavy (non-hydrogen) atoms. The summed E-state index contributed by atoms with van der Waals surface area (Å²) in [6.45, 7) is 4.02. The standard InChI is InChI=1S/C21H22N4O2/c1-15-4-3-5-17(12-15)19-14-25(10-11-27-19)21-23-18(13-20(26)24(21)2)16-6-8-22-9-7-16/h3-9,12-13,19H,10-11,14H2,1-2H3. The third-order valence-electron chi connectivity index (χ3n) is 4.85. The van der Waals surface area contributed by atoms with Gasteiger partial charge in [0.1, 0.15) is 6.10 Å². The van der Waals surface area contributed by atoms with Crippen molar-refractivity contribution < 1.29 is 4.74 Å². The van der Waals surface area contributed by atoms with Gasteiger partial charge in [-0.1, -0.05) is 29.8 Å². The summed E-state index contributed by atoms with van der Waals surface area (Å²) in [6, 6.07) is 13.6. The van der Waals surface area contributed by atoms with Crippen LogP contribution in [0.25, 0.3) is 11.3 Å². The minimum absolute atomic E-state index is 0.0415. The van der Waals surface area contributed by atoms with Crippen LogP contribution in [0.5, 0.6) is 0 Å². The Morgan fingerprint density at radius 1 is 1.15 bits per heavy atom. The molecule has 1 aliphatic rings. The molecular weight excluding hydrogens is 340 g/mol. The number of ether oxygens (including phenoxy) is 1. The number of nitrogens with zero attached hydrogens (tertiary/aromatic N) is 4. The quantitative estimate of drug-likeness (QED) is 0.717. The van der Waals surface area contributed by atoms with Crippen LogP contribution in [0.4, 0.5) is 5.95 Å². The van der Waals surface area contributed by atoms with E-state index in [0.717, 1.165) is 11.1 Å². The van der Waals surface area contributed by atoms with Crippen LogP contribution in [0.15, 0.2) is 59.7 Å². The first-order valence-corrected chi connectivity index (χ1v) is 9.03. The van der Waals surface area contributed by atoms with Crippen LogP contribution in [-0.4, -0.2) is 34.2 Å². The molecule has 3 aromatic rings. The van der Waals surface area contributed by atoms with Gasteiger partial charge in [0.25, 0.3) is 5.56 Å². The highest BCUT2D eigenvalue weighted by atomic mass is 16.5. The van der Waals surface area contributed by atoms with E-state index in [0.29, 0.717) is 31.3 Å². The maximum atomic E-state index is 12.5. The molecule has 3 heterocycles. The highest BCUT2D eigenvalue weighted by Gasteiger charge is 2.25. The summed E-state index contributed by atoms with van der Waals surface area (Å²) in [6.07, 6.45) is 3.37.